The van der Waals surface area contributed by atoms with Crippen molar-refractivity contribution in [1.82, 2.24) is 9.27 Å². The van der Waals surface area contributed by atoms with Crippen molar-refractivity contribution in [1.29, 1.82) is 0 Å². The lowest BCUT2D eigenvalue weighted by atomic mass is 10.1. The molecule has 1 aromatic heterocycles. The van der Waals surface area contributed by atoms with Gasteiger partial charge in [0.05, 0.1) is 10.1 Å². The lowest BCUT2D eigenvalue weighted by Gasteiger charge is -2.05. The van der Waals surface area contributed by atoms with Gasteiger partial charge < -0.3 is 5.32 Å². The number of aromatic nitrogens is 1. The van der Waals surface area contributed by atoms with Crippen molar-refractivity contribution >= 4 is 27.6 Å². The molecular formula is C13H16N2O2S. The second-order valence-electron chi connectivity index (χ2n) is 4.60. The third-order valence-electron chi connectivity index (χ3n) is 2.67. The molecule has 2 aromatic rings. The van der Waals surface area contributed by atoms with Crippen LogP contribution in [0.4, 0.5) is 4.79 Å². The van der Waals surface area contributed by atoms with Crippen LogP contribution in [0.25, 0.3) is 10.1 Å². The Morgan fingerprint density at radius 1 is 1.39 bits per heavy atom. The van der Waals surface area contributed by atoms with Crippen LogP contribution in [0, 0.1) is 5.92 Å². The van der Waals surface area contributed by atoms with Crippen LogP contribution < -0.4 is 10.9 Å². The second-order valence-corrected chi connectivity index (χ2v) is 5.59. The van der Waals surface area contributed by atoms with Gasteiger partial charge in [0.15, 0.2) is 0 Å². The molecule has 1 amide bonds. The first-order chi connectivity index (χ1) is 8.59. The Labute approximate surface area is 109 Å². The van der Waals surface area contributed by atoms with E-state index < -0.39 is 0 Å². The zero-order valence-corrected chi connectivity index (χ0v) is 11.3. The Morgan fingerprint density at radius 3 is 2.78 bits per heavy atom. The van der Waals surface area contributed by atoms with Gasteiger partial charge >= 0.3 is 6.03 Å². The number of benzene rings is 1. The van der Waals surface area contributed by atoms with Gasteiger partial charge in [-0.25, -0.2) is 4.79 Å². The maximum absolute atomic E-state index is 12.0. The van der Waals surface area contributed by atoms with Gasteiger partial charge in [-0.05, 0) is 36.0 Å². The Bertz CT molecular complexity index is 613. The van der Waals surface area contributed by atoms with Crippen molar-refractivity contribution in [2.75, 3.05) is 6.54 Å². The molecule has 0 saturated carbocycles. The number of hydrogen-bond acceptors (Lipinski definition) is 3. The summed E-state index contributed by atoms with van der Waals surface area (Å²) in [5, 5.41) is 3.37. The summed E-state index contributed by atoms with van der Waals surface area (Å²) in [7, 11) is 0. The summed E-state index contributed by atoms with van der Waals surface area (Å²) in [4.78, 5) is 23.9. The van der Waals surface area contributed by atoms with Crippen LogP contribution in [0.15, 0.2) is 29.1 Å². The van der Waals surface area contributed by atoms with Gasteiger partial charge in [0.25, 0.3) is 5.56 Å². The number of rotatable bonds is 3. The molecule has 0 unspecified atom stereocenters. The van der Waals surface area contributed by atoms with Crippen LogP contribution in [-0.2, 0) is 0 Å². The summed E-state index contributed by atoms with van der Waals surface area (Å²) >= 11 is 1.18. The van der Waals surface area contributed by atoms with E-state index >= 15 is 0 Å². The van der Waals surface area contributed by atoms with Gasteiger partial charge in [-0.3, -0.25) is 4.79 Å². The predicted molar refractivity (Wildman–Crippen MR) is 74.3 cm³/mol. The van der Waals surface area contributed by atoms with Crippen molar-refractivity contribution in [3.8, 4) is 0 Å². The van der Waals surface area contributed by atoms with Gasteiger partial charge in [-0.2, -0.15) is 3.96 Å². The number of amides is 1. The Hall–Kier alpha value is -1.62. The third-order valence-corrected chi connectivity index (χ3v) is 3.74. The largest absolute Gasteiger partial charge is 0.338 e. The smallest absolute Gasteiger partial charge is 0.337 e. The number of carbonyl (C=O) groups excluding carboxylic acids is 1. The molecule has 0 atom stereocenters. The molecule has 2 rings (SSSR count). The quantitative estimate of drug-likeness (QED) is 0.926. The first-order valence-corrected chi connectivity index (χ1v) is 6.76. The molecule has 5 heteroatoms. The topological polar surface area (TPSA) is 51.1 Å². The first kappa shape index (κ1) is 12.8. The van der Waals surface area contributed by atoms with Crippen LogP contribution in [0.2, 0.25) is 0 Å². The van der Waals surface area contributed by atoms with Gasteiger partial charge in [-0.1, -0.05) is 26.0 Å². The maximum atomic E-state index is 12.0. The van der Waals surface area contributed by atoms with Crippen molar-refractivity contribution < 1.29 is 4.79 Å². The average molecular weight is 264 g/mol. The monoisotopic (exact) mass is 264 g/mol. The summed E-state index contributed by atoms with van der Waals surface area (Å²) in [5.41, 5.74) is -0.238. The highest BCUT2D eigenvalue weighted by Crippen LogP contribution is 2.15. The molecule has 0 aliphatic carbocycles. The second kappa shape index (κ2) is 5.35. The average Bonchev–Trinajstić information content (AvgIpc) is 2.67. The summed E-state index contributed by atoms with van der Waals surface area (Å²) < 4.78 is 2.02. The normalized spacial score (nSPS) is 11.1. The standard InChI is InChI=1S/C13H16N2O2S/c1-9(2)7-8-14-13(17)15-12(16)10-5-3-4-6-11(10)18-15/h3-6,9H,7-8H2,1-2H3,(H,14,17). The number of nitrogens with one attached hydrogen (secondary N) is 1. The van der Waals surface area contributed by atoms with Gasteiger partial charge in [0, 0.05) is 6.54 Å². The van der Waals surface area contributed by atoms with E-state index in [-0.39, 0.29) is 11.6 Å². The fraction of sp³-hybridized carbons (Fsp3) is 0.385. The van der Waals surface area contributed by atoms with Crippen molar-refractivity contribution in [3.05, 3.63) is 34.6 Å². The van der Waals surface area contributed by atoms with Gasteiger partial charge in [0.2, 0.25) is 0 Å². The molecule has 4 nitrogen and oxygen atoms in total. The molecule has 0 spiro atoms. The van der Waals surface area contributed by atoms with Gasteiger partial charge in [0.1, 0.15) is 0 Å². The lowest BCUT2D eigenvalue weighted by molar-refractivity contribution is 0.243. The highest BCUT2D eigenvalue weighted by Gasteiger charge is 2.12. The number of fused-ring (bicyclic) bond motifs is 1. The Morgan fingerprint density at radius 2 is 2.11 bits per heavy atom. The fourth-order valence-electron chi connectivity index (χ4n) is 1.65. The molecule has 0 fully saturated rings. The number of hydrogen-bond donors (Lipinski definition) is 1. The summed E-state index contributed by atoms with van der Waals surface area (Å²) in [6.07, 6.45) is 0.908. The highest BCUT2D eigenvalue weighted by atomic mass is 32.1. The Balaban J connectivity index is 2.18. The van der Waals surface area contributed by atoms with E-state index in [2.05, 4.69) is 19.2 Å². The molecule has 1 N–H and O–H groups in total. The Kier molecular flexibility index (Phi) is 3.81. The minimum atomic E-state index is -0.332. The first-order valence-electron chi connectivity index (χ1n) is 5.99. The zero-order chi connectivity index (χ0) is 13.1. The van der Waals surface area contributed by atoms with Crippen LogP contribution in [0.1, 0.15) is 20.3 Å². The summed E-state index contributed by atoms with van der Waals surface area (Å²) in [6, 6.07) is 6.92. The lowest BCUT2D eigenvalue weighted by Crippen LogP contribution is -2.34. The predicted octanol–water partition coefficient (Wildman–Crippen LogP) is 2.67. The van der Waals surface area contributed by atoms with E-state index in [1.54, 1.807) is 12.1 Å². The van der Waals surface area contributed by atoms with E-state index in [1.165, 1.54) is 15.5 Å². The fourth-order valence-corrected chi connectivity index (χ4v) is 2.56. The molecule has 96 valence electrons. The number of nitrogens with zero attached hydrogens (tertiary/aromatic N) is 1. The minimum Gasteiger partial charge on any atom is -0.337 e. The molecule has 0 aliphatic rings. The number of carbonyl (C=O) groups is 1. The van der Waals surface area contributed by atoms with E-state index in [0.29, 0.717) is 17.8 Å². The SMILES string of the molecule is CC(C)CCNC(=O)n1sc2ccccc2c1=O. The molecule has 1 heterocycles. The van der Waals surface area contributed by atoms with Gasteiger partial charge in [-0.15, -0.1) is 0 Å². The molecular weight excluding hydrogens is 248 g/mol. The van der Waals surface area contributed by atoms with E-state index in [1.807, 2.05) is 12.1 Å². The van der Waals surface area contributed by atoms with E-state index in [0.717, 1.165) is 11.1 Å². The molecule has 0 radical (unpaired) electrons. The van der Waals surface area contributed by atoms with Crippen molar-refractivity contribution in [2.24, 2.45) is 5.92 Å². The molecule has 18 heavy (non-hydrogen) atoms. The van der Waals surface area contributed by atoms with Crippen LogP contribution >= 0.6 is 11.5 Å². The molecule has 0 saturated heterocycles. The molecule has 1 aromatic carbocycles. The van der Waals surface area contributed by atoms with Crippen molar-refractivity contribution in [2.45, 2.75) is 20.3 Å². The van der Waals surface area contributed by atoms with E-state index in [4.69, 9.17) is 0 Å². The van der Waals surface area contributed by atoms with Crippen LogP contribution in [0.5, 0.6) is 0 Å². The van der Waals surface area contributed by atoms with Crippen LogP contribution in [-0.4, -0.2) is 16.5 Å². The minimum absolute atomic E-state index is 0.238. The molecule has 0 bridgehead atoms. The van der Waals surface area contributed by atoms with E-state index in [9.17, 15) is 9.59 Å². The van der Waals surface area contributed by atoms with Crippen molar-refractivity contribution in [3.63, 3.8) is 0 Å². The zero-order valence-electron chi connectivity index (χ0n) is 10.5. The summed E-state index contributed by atoms with van der Waals surface area (Å²) in [5.74, 6) is 0.532. The maximum Gasteiger partial charge on any atom is 0.338 e. The third kappa shape index (κ3) is 2.61. The summed E-state index contributed by atoms with van der Waals surface area (Å²) in [6.45, 7) is 4.78. The molecule has 0 aliphatic heterocycles. The van der Waals surface area contributed by atoms with Crippen LogP contribution in [0.3, 0.4) is 0 Å². The highest BCUT2D eigenvalue weighted by molar-refractivity contribution is 7.14.